The summed E-state index contributed by atoms with van der Waals surface area (Å²) in [5.41, 5.74) is 6.48. The number of carbonyl (C=O) groups excluding carboxylic acids is 2. The maximum atomic E-state index is 13.0. The van der Waals surface area contributed by atoms with E-state index in [1.54, 1.807) is 24.3 Å². The Kier molecular flexibility index (Phi) is 15.2. The van der Waals surface area contributed by atoms with Gasteiger partial charge in [-0.3, -0.25) is 20.4 Å². The Labute approximate surface area is 206 Å². The lowest BCUT2D eigenvalue weighted by atomic mass is 9.93. The van der Waals surface area contributed by atoms with Crippen molar-refractivity contribution in [2.75, 3.05) is 23.5 Å². The first-order chi connectivity index (χ1) is 16.2. The third-order valence-electron chi connectivity index (χ3n) is 5.68. The molecule has 1 unspecified atom stereocenters. The van der Waals surface area contributed by atoms with Crippen LogP contribution in [0.1, 0.15) is 90.9 Å². The first kappa shape index (κ1) is 29.9. The topological polar surface area (TPSA) is 116 Å². The van der Waals surface area contributed by atoms with Gasteiger partial charge in [0.1, 0.15) is 0 Å². The summed E-state index contributed by atoms with van der Waals surface area (Å²) >= 11 is 0. The van der Waals surface area contributed by atoms with Crippen LogP contribution in [0.15, 0.2) is 24.3 Å². The van der Waals surface area contributed by atoms with Gasteiger partial charge < -0.3 is 5.32 Å². The van der Waals surface area contributed by atoms with Crippen LogP contribution in [0.5, 0.6) is 0 Å². The molecule has 0 saturated carbocycles. The monoisotopic (exact) mass is 496 g/mol. The van der Waals surface area contributed by atoms with Crippen molar-refractivity contribution in [2.24, 2.45) is 5.92 Å². The Hall–Kier alpha value is -2.13. The molecule has 0 radical (unpaired) electrons. The lowest BCUT2D eigenvalue weighted by Crippen LogP contribution is -2.39. The fraction of sp³-hybridized carbons (Fsp3) is 0.680. The van der Waals surface area contributed by atoms with Gasteiger partial charge in [0.25, 0.3) is 5.91 Å². The van der Waals surface area contributed by atoms with Crippen LogP contribution in [0.25, 0.3) is 0 Å². The van der Waals surface area contributed by atoms with E-state index in [4.69, 9.17) is 0 Å². The summed E-state index contributed by atoms with van der Waals surface area (Å²) in [6, 6.07) is 7.04. The van der Waals surface area contributed by atoms with Crippen LogP contribution < -0.4 is 20.9 Å². The molecule has 8 nitrogen and oxygen atoms in total. The number of hydrogen-bond donors (Lipinski definition) is 4. The van der Waals surface area contributed by atoms with Crippen LogP contribution in [0.4, 0.5) is 11.4 Å². The zero-order valence-corrected chi connectivity index (χ0v) is 21.9. The van der Waals surface area contributed by atoms with Crippen molar-refractivity contribution >= 4 is 33.2 Å². The van der Waals surface area contributed by atoms with E-state index >= 15 is 0 Å². The highest BCUT2D eigenvalue weighted by atomic mass is 32.2. The average molecular weight is 497 g/mol. The second-order valence-corrected chi connectivity index (χ2v) is 10.8. The molecule has 1 atom stereocenters. The van der Waals surface area contributed by atoms with Crippen molar-refractivity contribution in [1.82, 2.24) is 10.1 Å². The molecule has 9 heteroatoms. The number of nitrogens with one attached hydrogen (secondary N) is 4. The Balaban J connectivity index is 2.52. The van der Waals surface area contributed by atoms with Gasteiger partial charge in [-0.05, 0) is 37.1 Å². The fourth-order valence-corrected chi connectivity index (χ4v) is 4.05. The van der Waals surface area contributed by atoms with Crippen LogP contribution >= 0.6 is 0 Å². The minimum Gasteiger partial charge on any atom is -0.326 e. The van der Waals surface area contributed by atoms with Crippen LogP contribution in [0, 0.1) is 5.92 Å². The van der Waals surface area contributed by atoms with Crippen molar-refractivity contribution < 1.29 is 18.0 Å². The molecule has 0 bridgehead atoms. The predicted molar refractivity (Wildman–Crippen MR) is 140 cm³/mol. The first-order valence-electron chi connectivity index (χ1n) is 12.7. The van der Waals surface area contributed by atoms with Crippen molar-refractivity contribution in [1.29, 1.82) is 0 Å². The van der Waals surface area contributed by atoms with Crippen LogP contribution in [-0.2, 0) is 19.6 Å². The highest BCUT2D eigenvalue weighted by Crippen LogP contribution is 2.22. The van der Waals surface area contributed by atoms with Gasteiger partial charge in [0, 0.05) is 11.6 Å². The van der Waals surface area contributed by atoms with Gasteiger partial charge in [-0.1, -0.05) is 78.1 Å². The maximum absolute atomic E-state index is 13.0. The number of rotatable bonds is 19. The molecule has 1 aromatic rings. The second-order valence-electron chi connectivity index (χ2n) is 8.94. The van der Waals surface area contributed by atoms with E-state index in [1.807, 2.05) is 0 Å². The zero-order chi connectivity index (χ0) is 25.2. The summed E-state index contributed by atoms with van der Waals surface area (Å²) in [6.07, 6.45) is 14.8. The molecule has 0 saturated heterocycles. The van der Waals surface area contributed by atoms with Gasteiger partial charge in [0.2, 0.25) is 15.9 Å². The highest BCUT2D eigenvalue weighted by molar-refractivity contribution is 7.88. The number of carbonyl (C=O) groups is 2. The van der Waals surface area contributed by atoms with E-state index in [-0.39, 0.29) is 18.4 Å². The number of sulfonamides is 1. The highest BCUT2D eigenvalue weighted by Gasteiger charge is 2.18. The van der Waals surface area contributed by atoms with E-state index < -0.39 is 15.9 Å². The van der Waals surface area contributed by atoms with Crippen LogP contribution in [0.2, 0.25) is 0 Å². The quantitative estimate of drug-likeness (QED) is 0.160. The summed E-state index contributed by atoms with van der Waals surface area (Å²) < 4.78 is 24.2. The third kappa shape index (κ3) is 14.9. The van der Waals surface area contributed by atoms with Crippen LogP contribution in [-0.4, -0.2) is 33.0 Å². The molecule has 0 aliphatic rings. The lowest BCUT2D eigenvalue weighted by Gasteiger charge is -2.17. The maximum Gasteiger partial charge on any atom is 0.253 e. The summed E-state index contributed by atoms with van der Waals surface area (Å²) in [6.45, 7) is 4.06. The molecule has 2 amide bonds. The second kappa shape index (κ2) is 17.3. The largest absolute Gasteiger partial charge is 0.326 e. The summed E-state index contributed by atoms with van der Waals surface area (Å²) in [7, 11) is -3.43. The average Bonchev–Trinajstić information content (AvgIpc) is 2.80. The standard InChI is InChI=1S/C25H44N4O4S/c1-4-6-8-10-11-13-15-21(14-12-9-7-5-2)25(31)27-22-16-18-23(19-17-22)28-29-24(30)20-26-34(3,32)33/h16-19,21,26,28H,4-15,20H2,1-3H3,(H,27,31)(H,29,30). The van der Waals surface area contributed by atoms with E-state index in [1.165, 1.54) is 51.4 Å². The molecule has 194 valence electrons. The van der Waals surface area contributed by atoms with Gasteiger partial charge in [-0.25, -0.2) is 13.1 Å². The number of hydrogen-bond acceptors (Lipinski definition) is 5. The van der Waals surface area contributed by atoms with E-state index in [0.29, 0.717) is 11.4 Å². The van der Waals surface area contributed by atoms with Crippen LogP contribution in [0.3, 0.4) is 0 Å². The van der Waals surface area contributed by atoms with E-state index in [9.17, 15) is 18.0 Å². The first-order valence-corrected chi connectivity index (χ1v) is 14.5. The van der Waals surface area contributed by atoms with Gasteiger partial charge in [-0.15, -0.1) is 0 Å². The molecule has 0 fully saturated rings. The molecule has 1 aromatic carbocycles. The molecular formula is C25H44N4O4S. The summed E-state index contributed by atoms with van der Waals surface area (Å²) in [4.78, 5) is 24.6. The van der Waals surface area contributed by atoms with Gasteiger partial charge in [0.05, 0.1) is 18.5 Å². The smallest absolute Gasteiger partial charge is 0.253 e. The third-order valence-corrected chi connectivity index (χ3v) is 6.35. The molecule has 34 heavy (non-hydrogen) atoms. The zero-order valence-electron chi connectivity index (χ0n) is 21.1. The van der Waals surface area contributed by atoms with Crippen molar-refractivity contribution in [3.8, 4) is 0 Å². The van der Waals surface area contributed by atoms with Crippen molar-refractivity contribution in [3.05, 3.63) is 24.3 Å². The molecule has 4 N–H and O–H groups in total. The van der Waals surface area contributed by atoms with E-state index in [2.05, 4.69) is 34.7 Å². The Morgan fingerprint density at radius 2 is 1.29 bits per heavy atom. The Bertz CT molecular complexity index is 813. The Morgan fingerprint density at radius 1 is 0.794 bits per heavy atom. The minimum atomic E-state index is -3.43. The van der Waals surface area contributed by atoms with E-state index in [0.717, 1.165) is 31.9 Å². The molecule has 1 rings (SSSR count). The van der Waals surface area contributed by atoms with Gasteiger partial charge in [-0.2, -0.15) is 0 Å². The number of anilines is 2. The minimum absolute atomic E-state index is 0.0301. The number of unbranched alkanes of at least 4 members (excludes halogenated alkanes) is 8. The van der Waals surface area contributed by atoms with Gasteiger partial charge in [0.15, 0.2) is 0 Å². The van der Waals surface area contributed by atoms with Gasteiger partial charge >= 0.3 is 0 Å². The van der Waals surface area contributed by atoms with Crippen molar-refractivity contribution in [3.63, 3.8) is 0 Å². The molecular weight excluding hydrogens is 452 g/mol. The Morgan fingerprint density at radius 3 is 1.85 bits per heavy atom. The van der Waals surface area contributed by atoms with Crippen molar-refractivity contribution in [2.45, 2.75) is 90.9 Å². The number of hydrazine groups is 1. The molecule has 0 heterocycles. The molecule has 0 aliphatic heterocycles. The predicted octanol–water partition coefficient (Wildman–Crippen LogP) is 4.95. The molecule has 0 aliphatic carbocycles. The summed E-state index contributed by atoms with van der Waals surface area (Å²) in [5, 5.41) is 3.04. The normalized spacial score (nSPS) is 12.2. The summed E-state index contributed by atoms with van der Waals surface area (Å²) in [5.74, 6) is -0.406. The molecule has 0 aromatic heterocycles. The number of benzene rings is 1. The molecule has 0 spiro atoms. The fourth-order valence-electron chi connectivity index (χ4n) is 3.66. The number of amides is 2. The SMILES string of the molecule is CCCCCCCCC(CCCCCC)C(=O)Nc1ccc(NNC(=O)CNS(C)(=O)=O)cc1. The lowest BCUT2D eigenvalue weighted by molar-refractivity contribution is -0.120.